The molecule has 1 atom stereocenters. The zero-order chi connectivity index (χ0) is 24.5. The summed E-state index contributed by atoms with van der Waals surface area (Å²) in [7, 11) is 0. The van der Waals surface area contributed by atoms with Crippen molar-refractivity contribution in [3.05, 3.63) is 89.1 Å². The zero-order valence-electron chi connectivity index (χ0n) is 17.0. The molecular weight excluding hydrogens is 467 g/mol. The van der Waals surface area contributed by atoms with Crippen molar-refractivity contribution in [3.63, 3.8) is 0 Å². The smallest absolute Gasteiger partial charge is 0.406 e. The van der Waals surface area contributed by atoms with Gasteiger partial charge in [-0.1, -0.05) is 6.07 Å². The van der Waals surface area contributed by atoms with Crippen LogP contribution < -0.4 is 10.4 Å². The van der Waals surface area contributed by atoms with Crippen LogP contribution in [-0.4, -0.2) is 40.6 Å². The molecule has 2 aromatic carbocycles. The Bertz CT molecular complexity index is 1330. The number of hydrogen-bond donors (Lipinski definition) is 1. The number of hydrogen-bond acceptors (Lipinski definition) is 6. The first-order chi connectivity index (χ1) is 16.0. The minimum atomic E-state index is -4.87. The van der Waals surface area contributed by atoms with Crippen molar-refractivity contribution in [2.75, 3.05) is 0 Å². The normalized spacial score (nSPS) is 13.6. The van der Waals surface area contributed by atoms with Crippen LogP contribution in [0, 0.1) is 11.6 Å². The topological polar surface area (TPSA) is 100.0 Å². The van der Waals surface area contributed by atoms with Gasteiger partial charge in [0.15, 0.2) is 0 Å². The van der Waals surface area contributed by atoms with Gasteiger partial charge in [0.2, 0.25) is 0 Å². The maximum Gasteiger partial charge on any atom is 0.573 e. The molecule has 2 heterocycles. The molecule has 0 radical (unpaired) electrons. The highest BCUT2D eigenvalue weighted by Crippen LogP contribution is 2.28. The van der Waals surface area contributed by atoms with Crippen LogP contribution in [0.4, 0.5) is 22.0 Å². The minimum Gasteiger partial charge on any atom is -0.406 e. The molecule has 2 aromatic heterocycles. The van der Waals surface area contributed by atoms with Gasteiger partial charge in [0.25, 0.3) is 0 Å². The van der Waals surface area contributed by atoms with E-state index in [0.29, 0.717) is 6.07 Å². The molecule has 0 aliphatic rings. The highest BCUT2D eigenvalue weighted by atomic mass is 19.4. The fraction of sp³-hybridized carbons (Fsp3) is 0.200. The summed E-state index contributed by atoms with van der Waals surface area (Å²) in [6.07, 6.45) is -1.33. The van der Waals surface area contributed by atoms with Gasteiger partial charge in [0.1, 0.15) is 42.0 Å². The monoisotopic (exact) mass is 482 g/mol. The molecule has 0 amide bonds. The molecule has 0 unspecified atom stereocenters. The largest absolute Gasteiger partial charge is 0.573 e. The van der Waals surface area contributed by atoms with E-state index in [0.717, 1.165) is 39.8 Å². The van der Waals surface area contributed by atoms with Crippen LogP contribution in [-0.2, 0) is 18.7 Å². The number of rotatable bonds is 7. The lowest BCUT2D eigenvalue weighted by Crippen LogP contribution is -2.41. The van der Waals surface area contributed by atoms with Gasteiger partial charge in [-0.05, 0) is 30.3 Å². The standard InChI is InChI=1S/C20H15F5N6O3/c21-13-1-6-16(17(22)7-13)19(33,8-29-11-26-10-27-29)9-31-18(32)30(12-28-31)14-2-4-15(5-3-14)34-20(23,24)25/h1-7,10-12,33H,8-9H2/t19-/m1/s1. The van der Waals surface area contributed by atoms with Crippen LogP contribution in [0.1, 0.15) is 5.56 Å². The SMILES string of the molecule is O=c1n(-c2ccc(OC(F)(F)F)cc2)cnn1C[C@](O)(Cn1cncn1)c1ccc(F)cc1F. The van der Waals surface area contributed by atoms with Crippen LogP contribution in [0.3, 0.4) is 0 Å². The number of ether oxygens (including phenoxy) is 1. The molecule has 0 aliphatic carbocycles. The van der Waals surface area contributed by atoms with Gasteiger partial charge in [0.05, 0.1) is 18.8 Å². The van der Waals surface area contributed by atoms with Crippen molar-refractivity contribution in [2.24, 2.45) is 0 Å². The van der Waals surface area contributed by atoms with E-state index >= 15 is 0 Å². The molecule has 178 valence electrons. The van der Waals surface area contributed by atoms with Crippen molar-refractivity contribution in [1.82, 2.24) is 29.1 Å². The first-order valence-corrected chi connectivity index (χ1v) is 9.55. The summed E-state index contributed by atoms with van der Waals surface area (Å²) >= 11 is 0. The quantitative estimate of drug-likeness (QED) is 0.406. The van der Waals surface area contributed by atoms with Crippen molar-refractivity contribution in [3.8, 4) is 11.4 Å². The van der Waals surface area contributed by atoms with Crippen molar-refractivity contribution < 1.29 is 31.8 Å². The number of alkyl halides is 3. The Morgan fingerprint density at radius 2 is 1.71 bits per heavy atom. The van der Waals surface area contributed by atoms with Gasteiger partial charge in [0, 0.05) is 11.6 Å². The second-order valence-electron chi connectivity index (χ2n) is 7.23. The summed E-state index contributed by atoms with van der Waals surface area (Å²) in [4.78, 5) is 16.6. The lowest BCUT2D eigenvalue weighted by atomic mass is 9.93. The van der Waals surface area contributed by atoms with E-state index in [2.05, 4.69) is 19.9 Å². The van der Waals surface area contributed by atoms with Gasteiger partial charge in [-0.15, -0.1) is 13.2 Å². The van der Waals surface area contributed by atoms with Gasteiger partial charge < -0.3 is 9.84 Å². The van der Waals surface area contributed by atoms with E-state index in [1.54, 1.807) is 0 Å². The van der Waals surface area contributed by atoms with E-state index in [9.17, 15) is 31.9 Å². The molecule has 0 spiro atoms. The average molecular weight is 482 g/mol. The number of nitrogens with zero attached hydrogens (tertiary/aromatic N) is 6. The van der Waals surface area contributed by atoms with E-state index in [4.69, 9.17) is 0 Å². The summed E-state index contributed by atoms with van der Waals surface area (Å²) in [6, 6.07) is 7.03. The second-order valence-corrected chi connectivity index (χ2v) is 7.23. The van der Waals surface area contributed by atoms with E-state index in [1.807, 2.05) is 0 Å². The Balaban J connectivity index is 1.66. The molecule has 0 saturated carbocycles. The summed E-state index contributed by atoms with van der Waals surface area (Å²) in [5.41, 5.74) is -3.01. The Labute approximate surface area is 187 Å². The zero-order valence-corrected chi connectivity index (χ0v) is 17.0. The van der Waals surface area contributed by atoms with Crippen LogP contribution in [0.25, 0.3) is 5.69 Å². The highest BCUT2D eigenvalue weighted by molar-refractivity contribution is 5.37. The Morgan fingerprint density at radius 1 is 0.971 bits per heavy atom. The first kappa shape index (κ1) is 23.1. The maximum absolute atomic E-state index is 14.6. The molecule has 0 saturated heterocycles. The van der Waals surface area contributed by atoms with Crippen LogP contribution in [0.5, 0.6) is 5.75 Å². The number of halogens is 5. The molecule has 4 aromatic rings. The van der Waals surface area contributed by atoms with Crippen LogP contribution in [0.15, 0.2) is 66.2 Å². The lowest BCUT2D eigenvalue weighted by molar-refractivity contribution is -0.274. The van der Waals surface area contributed by atoms with Crippen molar-refractivity contribution in [1.29, 1.82) is 0 Å². The number of aromatic nitrogens is 6. The van der Waals surface area contributed by atoms with E-state index in [-0.39, 0.29) is 17.8 Å². The third-order valence-corrected chi connectivity index (χ3v) is 4.82. The van der Waals surface area contributed by atoms with Gasteiger partial charge >= 0.3 is 12.1 Å². The minimum absolute atomic E-state index is 0.165. The Hall–Kier alpha value is -4.07. The van der Waals surface area contributed by atoms with Gasteiger partial charge in [-0.25, -0.2) is 32.5 Å². The van der Waals surface area contributed by atoms with Gasteiger partial charge in [-0.2, -0.15) is 10.2 Å². The van der Waals surface area contributed by atoms with Crippen LogP contribution >= 0.6 is 0 Å². The van der Waals surface area contributed by atoms with E-state index < -0.39 is 41.6 Å². The molecule has 1 N–H and O–H groups in total. The summed E-state index contributed by atoms with van der Waals surface area (Å²) in [5.74, 6) is -2.38. The lowest BCUT2D eigenvalue weighted by Gasteiger charge is -2.28. The molecule has 4 rings (SSSR count). The Morgan fingerprint density at radius 3 is 2.32 bits per heavy atom. The van der Waals surface area contributed by atoms with E-state index in [1.165, 1.54) is 29.5 Å². The van der Waals surface area contributed by atoms with Crippen molar-refractivity contribution >= 4 is 0 Å². The Kier molecular flexibility index (Phi) is 5.91. The maximum atomic E-state index is 14.6. The average Bonchev–Trinajstić information content (AvgIpc) is 3.37. The molecule has 14 heteroatoms. The van der Waals surface area contributed by atoms with Crippen molar-refractivity contribution in [2.45, 2.75) is 25.1 Å². The first-order valence-electron chi connectivity index (χ1n) is 9.55. The predicted octanol–water partition coefficient (Wildman–Crippen LogP) is 2.39. The summed E-state index contributed by atoms with van der Waals surface area (Å²) in [5, 5.41) is 19.1. The summed E-state index contributed by atoms with van der Waals surface area (Å²) < 4.78 is 71.8. The fourth-order valence-electron chi connectivity index (χ4n) is 3.35. The number of aliphatic hydroxyl groups is 1. The fourth-order valence-corrected chi connectivity index (χ4v) is 3.35. The summed E-state index contributed by atoms with van der Waals surface area (Å²) in [6.45, 7) is -0.908. The highest BCUT2D eigenvalue weighted by Gasteiger charge is 2.35. The molecule has 0 aliphatic heterocycles. The second kappa shape index (κ2) is 8.70. The molecular formula is C20H15F5N6O3. The predicted molar refractivity (Wildman–Crippen MR) is 105 cm³/mol. The number of benzene rings is 2. The van der Waals surface area contributed by atoms with Gasteiger partial charge in [-0.3, -0.25) is 0 Å². The third-order valence-electron chi connectivity index (χ3n) is 4.82. The molecule has 9 nitrogen and oxygen atoms in total. The van der Waals surface area contributed by atoms with Crippen LogP contribution in [0.2, 0.25) is 0 Å². The third kappa shape index (κ3) is 4.96. The molecule has 0 bridgehead atoms. The molecule has 0 fully saturated rings. The molecule has 34 heavy (non-hydrogen) atoms.